The van der Waals surface area contributed by atoms with Crippen LogP contribution in [0.25, 0.3) is 105 Å². The summed E-state index contributed by atoms with van der Waals surface area (Å²) in [5.74, 6) is 0. The molecule has 0 unspecified atom stereocenters. The van der Waals surface area contributed by atoms with Gasteiger partial charge in [0.2, 0.25) is 0 Å². The van der Waals surface area contributed by atoms with E-state index in [0.29, 0.717) is 0 Å². The Morgan fingerprint density at radius 3 is 1.02 bits per heavy atom. The summed E-state index contributed by atoms with van der Waals surface area (Å²) in [6.07, 6.45) is 0. The first-order valence-electron chi connectivity index (χ1n) is 20.3. The lowest BCUT2D eigenvalue weighted by Crippen LogP contribution is -1.99. The topological polar surface area (TPSA) is 4.93 Å². The summed E-state index contributed by atoms with van der Waals surface area (Å²) in [6, 6.07) is 86.4. The largest absolute Gasteiger partial charge is 0.309 e. The van der Waals surface area contributed by atoms with Crippen LogP contribution >= 0.6 is 0 Å². The molecule has 59 heavy (non-hydrogen) atoms. The molecule has 0 N–H and O–H groups in total. The molecule has 10 aromatic carbocycles. The smallest absolute Gasteiger partial charge is 0.0619 e. The number of hydrogen-bond donors (Lipinski definition) is 0. The standard InChI is InChI=1S/C58H39N/c1-7-21-40(22-8-1)46-35-47(41-23-9-2-10-24-41)37-48(36-46)59-54-39-52-51(38-53(54)57(44-29-15-5-16-30-44)58(59)45-31-17-6-18-32-45)55(42-25-11-3-12-26-42)49-33-19-20-34-50(49)56(52)43-27-13-4-14-28-43/h1-39H. The zero-order valence-corrected chi connectivity index (χ0v) is 32.5. The van der Waals surface area contributed by atoms with Gasteiger partial charge in [-0.25, -0.2) is 0 Å². The second-order valence-corrected chi connectivity index (χ2v) is 15.2. The second-order valence-electron chi connectivity index (χ2n) is 15.2. The Morgan fingerprint density at radius 1 is 0.220 bits per heavy atom. The summed E-state index contributed by atoms with van der Waals surface area (Å²) in [5.41, 5.74) is 16.6. The molecule has 11 aromatic rings. The lowest BCUT2D eigenvalue weighted by molar-refractivity contribution is 1.14. The first-order valence-corrected chi connectivity index (χ1v) is 20.3. The summed E-state index contributed by atoms with van der Waals surface area (Å²) < 4.78 is 2.54. The Kier molecular flexibility index (Phi) is 8.56. The van der Waals surface area contributed by atoms with E-state index >= 15 is 0 Å². The van der Waals surface area contributed by atoms with Crippen molar-refractivity contribution in [1.82, 2.24) is 4.57 Å². The molecule has 1 aromatic heterocycles. The molecule has 0 amide bonds. The Morgan fingerprint density at radius 2 is 0.576 bits per heavy atom. The van der Waals surface area contributed by atoms with Crippen LogP contribution in [-0.2, 0) is 0 Å². The van der Waals surface area contributed by atoms with E-state index in [4.69, 9.17) is 0 Å². The minimum Gasteiger partial charge on any atom is -0.309 e. The van der Waals surface area contributed by atoms with Gasteiger partial charge in [0.05, 0.1) is 11.2 Å². The van der Waals surface area contributed by atoms with E-state index in [-0.39, 0.29) is 0 Å². The third-order valence-electron chi connectivity index (χ3n) is 11.7. The van der Waals surface area contributed by atoms with Crippen LogP contribution in [0, 0.1) is 0 Å². The highest BCUT2D eigenvalue weighted by Gasteiger charge is 2.25. The van der Waals surface area contributed by atoms with Crippen molar-refractivity contribution in [1.29, 1.82) is 0 Å². The molecule has 0 radical (unpaired) electrons. The van der Waals surface area contributed by atoms with Crippen LogP contribution < -0.4 is 0 Å². The first-order chi connectivity index (χ1) is 29.3. The van der Waals surface area contributed by atoms with Crippen LogP contribution in [0.5, 0.6) is 0 Å². The van der Waals surface area contributed by atoms with Crippen LogP contribution in [0.3, 0.4) is 0 Å². The molecule has 0 saturated heterocycles. The van der Waals surface area contributed by atoms with Gasteiger partial charge in [-0.2, -0.15) is 0 Å². The van der Waals surface area contributed by atoms with Crippen LogP contribution in [-0.4, -0.2) is 4.57 Å². The summed E-state index contributed by atoms with van der Waals surface area (Å²) in [7, 11) is 0. The zero-order chi connectivity index (χ0) is 39.1. The van der Waals surface area contributed by atoms with Gasteiger partial charge in [-0.05, 0) is 108 Å². The molecule has 0 fully saturated rings. The monoisotopic (exact) mass is 749 g/mol. The number of benzene rings is 10. The van der Waals surface area contributed by atoms with Gasteiger partial charge in [0.15, 0.2) is 0 Å². The van der Waals surface area contributed by atoms with Gasteiger partial charge in [-0.3, -0.25) is 0 Å². The van der Waals surface area contributed by atoms with Crippen LogP contribution in [0.15, 0.2) is 237 Å². The van der Waals surface area contributed by atoms with Crippen molar-refractivity contribution in [3.05, 3.63) is 237 Å². The van der Waals surface area contributed by atoms with Gasteiger partial charge in [-0.1, -0.05) is 206 Å². The fraction of sp³-hybridized carbons (Fsp3) is 0. The predicted molar refractivity (Wildman–Crippen MR) is 251 cm³/mol. The van der Waals surface area contributed by atoms with E-state index in [1.807, 2.05) is 0 Å². The van der Waals surface area contributed by atoms with Gasteiger partial charge in [0.1, 0.15) is 0 Å². The Bertz CT molecular complexity index is 3200. The van der Waals surface area contributed by atoms with Crippen molar-refractivity contribution < 1.29 is 0 Å². The van der Waals surface area contributed by atoms with E-state index in [9.17, 15) is 0 Å². The van der Waals surface area contributed by atoms with Crippen LogP contribution in [0.2, 0.25) is 0 Å². The third-order valence-corrected chi connectivity index (χ3v) is 11.7. The van der Waals surface area contributed by atoms with E-state index in [2.05, 4.69) is 241 Å². The SMILES string of the molecule is c1ccc(-c2cc(-c3ccccc3)cc(-n3c(-c4ccccc4)c(-c4ccccc4)c4cc5c(-c6ccccc6)c6ccccc6c(-c6ccccc6)c5cc43)c2)cc1. The average Bonchev–Trinajstić information content (AvgIpc) is 3.65. The third kappa shape index (κ3) is 6.04. The molecule has 0 aliphatic carbocycles. The number of hydrogen-bond acceptors (Lipinski definition) is 0. The summed E-state index contributed by atoms with van der Waals surface area (Å²) in [6.45, 7) is 0. The Labute approximate surface area is 344 Å². The van der Waals surface area contributed by atoms with Crippen molar-refractivity contribution in [2.45, 2.75) is 0 Å². The molecular formula is C58H39N. The van der Waals surface area contributed by atoms with E-state index in [1.165, 1.54) is 88.3 Å². The minimum absolute atomic E-state index is 1.11. The predicted octanol–water partition coefficient (Wildman–Crippen LogP) is 15.9. The second kappa shape index (κ2) is 14.6. The maximum atomic E-state index is 2.54. The highest BCUT2D eigenvalue weighted by molar-refractivity contribution is 6.25. The van der Waals surface area contributed by atoms with Crippen LogP contribution in [0.1, 0.15) is 0 Å². The lowest BCUT2D eigenvalue weighted by atomic mass is 9.85. The summed E-state index contributed by atoms with van der Waals surface area (Å²) >= 11 is 0. The molecule has 0 aliphatic heterocycles. The van der Waals surface area contributed by atoms with Crippen LogP contribution in [0.4, 0.5) is 0 Å². The van der Waals surface area contributed by atoms with Crippen molar-refractivity contribution in [3.8, 4) is 72.6 Å². The van der Waals surface area contributed by atoms with Gasteiger partial charge >= 0.3 is 0 Å². The molecule has 0 spiro atoms. The van der Waals surface area contributed by atoms with Crippen molar-refractivity contribution in [3.63, 3.8) is 0 Å². The molecule has 1 nitrogen and oxygen atoms in total. The molecule has 1 heterocycles. The van der Waals surface area contributed by atoms with E-state index < -0.39 is 0 Å². The summed E-state index contributed by atoms with van der Waals surface area (Å²) in [5, 5.41) is 6.16. The van der Waals surface area contributed by atoms with E-state index in [0.717, 1.165) is 16.8 Å². The minimum atomic E-state index is 1.11. The Hall–Kier alpha value is -7.74. The molecule has 1 heteroatoms. The van der Waals surface area contributed by atoms with Gasteiger partial charge in [0.25, 0.3) is 0 Å². The molecule has 0 atom stereocenters. The van der Waals surface area contributed by atoms with Crippen molar-refractivity contribution in [2.75, 3.05) is 0 Å². The fourth-order valence-electron chi connectivity index (χ4n) is 9.16. The average molecular weight is 750 g/mol. The highest BCUT2D eigenvalue weighted by Crippen LogP contribution is 2.50. The van der Waals surface area contributed by atoms with Crippen molar-refractivity contribution >= 4 is 32.4 Å². The Balaban J connectivity index is 1.37. The molecule has 11 rings (SSSR count). The van der Waals surface area contributed by atoms with Crippen molar-refractivity contribution in [2.24, 2.45) is 0 Å². The van der Waals surface area contributed by atoms with E-state index in [1.54, 1.807) is 0 Å². The van der Waals surface area contributed by atoms with Gasteiger partial charge in [-0.15, -0.1) is 0 Å². The maximum Gasteiger partial charge on any atom is 0.0619 e. The molecule has 276 valence electrons. The fourth-order valence-corrected chi connectivity index (χ4v) is 9.16. The number of nitrogens with zero attached hydrogens (tertiary/aromatic N) is 1. The quantitative estimate of drug-likeness (QED) is 0.143. The first kappa shape index (κ1) is 34.5. The highest BCUT2D eigenvalue weighted by atomic mass is 15.0. The maximum absolute atomic E-state index is 2.54. The lowest BCUT2D eigenvalue weighted by Gasteiger charge is -2.19. The molecule has 0 bridgehead atoms. The normalized spacial score (nSPS) is 11.4. The molecule has 0 aliphatic rings. The van der Waals surface area contributed by atoms with Gasteiger partial charge < -0.3 is 4.57 Å². The van der Waals surface area contributed by atoms with Gasteiger partial charge in [0, 0.05) is 16.6 Å². The molecule has 0 saturated carbocycles. The number of aromatic nitrogens is 1. The number of rotatable bonds is 7. The molecular weight excluding hydrogens is 711 g/mol. The zero-order valence-electron chi connectivity index (χ0n) is 32.5. The summed E-state index contributed by atoms with van der Waals surface area (Å²) in [4.78, 5) is 0. The number of fused-ring (bicyclic) bond motifs is 3.